The highest BCUT2D eigenvalue weighted by Gasteiger charge is 2.50. The van der Waals surface area contributed by atoms with Gasteiger partial charge in [-0.05, 0) is 37.1 Å². The second kappa shape index (κ2) is 8.95. The fourth-order valence-electron chi connectivity index (χ4n) is 4.47. The molecule has 0 saturated heterocycles. The third kappa shape index (κ3) is 4.14. The summed E-state index contributed by atoms with van der Waals surface area (Å²) in [6, 6.07) is 9.71. The number of aromatic hydroxyl groups is 2. The number of phenols is 2. The van der Waals surface area contributed by atoms with Gasteiger partial charge >= 0.3 is 11.9 Å². The fraction of sp³-hybridized carbons (Fsp3) is 0.292. The highest BCUT2D eigenvalue weighted by molar-refractivity contribution is 6.12. The van der Waals surface area contributed by atoms with E-state index in [-0.39, 0.29) is 28.2 Å². The van der Waals surface area contributed by atoms with Crippen molar-refractivity contribution in [2.24, 2.45) is 17.8 Å². The zero-order chi connectivity index (χ0) is 23.7. The van der Waals surface area contributed by atoms with Gasteiger partial charge in [-0.1, -0.05) is 12.1 Å². The molecule has 0 aromatic heterocycles. The lowest BCUT2D eigenvalue weighted by atomic mass is 9.83. The Morgan fingerprint density at radius 2 is 1.73 bits per heavy atom. The molecule has 3 N–H and O–H groups in total. The minimum absolute atomic E-state index is 0.00438. The van der Waals surface area contributed by atoms with E-state index in [9.17, 15) is 29.7 Å². The van der Waals surface area contributed by atoms with Crippen molar-refractivity contribution < 1.29 is 43.9 Å². The first-order valence-electron chi connectivity index (χ1n) is 10.3. The first kappa shape index (κ1) is 22.3. The Morgan fingerprint density at radius 1 is 1.00 bits per heavy atom. The van der Waals surface area contributed by atoms with Crippen LogP contribution in [0.3, 0.4) is 0 Å². The predicted molar refractivity (Wildman–Crippen MR) is 112 cm³/mol. The van der Waals surface area contributed by atoms with Crippen LogP contribution in [0.4, 0.5) is 0 Å². The van der Waals surface area contributed by atoms with Crippen LogP contribution in [-0.2, 0) is 19.1 Å². The number of hydrogen-bond acceptors (Lipinski definition) is 9. The molecule has 1 heterocycles. The van der Waals surface area contributed by atoms with Crippen LogP contribution >= 0.6 is 0 Å². The number of benzene rings is 2. The van der Waals surface area contributed by atoms with Gasteiger partial charge in [-0.15, -0.1) is 0 Å². The van der Waals surface area contributed by atoms with Gasteiger partial charge in [-0.2, -0.15) is 0 Å². The van der Waals surface area contributed by atoms with Crippen LogP contribution in [0.15, 0.2) is 54.3 Å². The third-order valence-electron chi connectivity index (χ3n) is 6.09. The predicted octanol–water partition coefficient (Wildman–Crippen LogP) is 2.28. The van der Waals surface area contributed by atoms with Crippen molar-refractivity contribution in [1.82, 2.24) is 0 Å². The van der Waals surface area contributed by atoms with E-state index in [1.165, 1.54) is 37.6 Å². The molecular weight excluding hydrogens is 432 g/mol. The number of carbonyl (C=O) groups excluding carboxylic acids is 3. The highest BCUT2D eigenvalue weighted by Crippen LogP contribution is 2.46. The summed E-state index contributed by atoms with van der Waals surface area (Å²) in [5.41, 5.74) is 0.212. The van der Waals surface area contributed by atoms with Crippen LogP contribution in [0.25, 0.3) is 0 Å². The van der Waals surface area contributed by atoms with Crippen LogP contribution in [0, 0.1) is 17.8 Å². The number of carbonyl (C=O) groups is 3. The molecule has 4 unspecified atom stereocenters. The largest absolute Gasteiger partial charge is 0.507 e. The zero-order valence-electron chi connectivity index (χ0n) is 17.6. The Bertz CT molecular complexity index is 1140. The third-order valence-corrected chi connectivity index (χ3v) is 6.09. The van der Waals surface area contributed by atoms with Crippen LogP contribution in [0.2, 0.25) is 0 Å². The molecule has 4 atom stereocenters. The van der Waals surface area contributed by atoms with Crippen LogP contribution in [0.1, 0.15) is 28.8 Å². The quantitative estimate of drug-likeness (QED) is 0.353. The zero-order valence-corrected chi connectivity index (χ0v) is 17.6. The van der Waals surface area contributed by atoms with E-state index in [1.54, 1.807) is 12.1 Å². The summed E-state index contributed by atoms with van der Waals surface area (Å²) in [6.45, 7) is 0. The van der Waals surface area contributed by atoms with Gasteiger partial charge in [0.15, 0.2) is 5.78 Å². The molecule has 33 heavy (non-hydrogen) atoms. The van der Waals surface area contributed by atoms with Crippen molar-refractivity contribution in [3.8, 4) is 17.2 Å². The van der Waals surface area contributed by atoms with Gasteiger partial charge in [0.2, 0.25) is 6.29 Å². The second-order valence-electron chi connectivity index (χ2n) is 7.91. The number of rotatable bonds is 5. The van der Waals surface area contributed by atoms with Crippen LogP contribution in [0.5, 0.6) is 17.2 Å². The van der Waals surface area contributed by atoms with Gasteiger partial charge in [0, 0.05) is 17.9 Å². The maximum atomic E-state index is 12.9. The first-order chi connectivity index (χ1) is 15.8. The van der Waals surface area contributed by atoms with E-state index in [1.807, 2.05) is 0 Å². The van der Waals surface area contributed by atoms with Gasteiger partial charge < -0.3 is 29.5 Å². The lowest BCUT2D eigenvalue weighted by molar-refractivity contribution is -0.158. The SMILES string of the molecule is COC(=O)C1=COC(O)C2C(C(=O)Oc3ccc(C(=O)c4ccccc4O)c(O)c3)CCC12. The highest BCUT2D eigenvalue weighted by atomic mass is 16.6. The van der Waals surface area contributed by atoms with Gasteiger partial charge in [0.05, 0.1) is 36.0 Å². The molecular formula is C24H22O9. The van der Waals surface area contributed by atoms with Crippen LogP contribution < -0.4 is 4.74 Å². The molecule has 4 rings (SSSR count). The standard InChI is InChI=1S/C24H22O9/c1-31-22(28)17-11-32-24(30)20-13(17)8-9-16(20)23(29)33-12-6-7-15(19(26)10-12)21(27)14-4-2-3-5-18(14)25/h2-7,10-11,13,16,20,24-26,30H,8-9H2,1H3. The van der Waals surface area contributed by atoms with Crippen molar-refractivity contribution in [3.05, 3.63) is 65.4 Å². The minimum Gasteiger partial charge on any atom is -0.507 e. The summed E-state index contributed by atoms with van der Waals surface area (Å²) in [4.78, 5) is 37.5. The molecule has 1 saturated carbocycles. The maximum absolute atomic E-state index is 12.9. The molecule has 0 amide bonds. The number of aliphatic hydroxyl groups is 1. The second-order valence-corrected chi connectivity index (χ2v) is 7.91. The summed E-state index contributed by atoms with van der Waals surface area (Å²) in [5.74, 6) is -4.31. The summed E-state index contributed by atoms with van der Waals surface area (Å²) in [6.07, 6.45) is 0.712. The average molecular weight is 454 g/mol. The van der Waals surface area contributed by atoms with E-state index < -0.39 is 47.5 Å². The van der Waals surface area contributed by atoms with Crippen molar-refractivity contribution in [2.45, 2.75) is 19.1 Å². The van der Waals surface area contributed by atoms with E-state index in [0.717, 1.165) is 6.07 Å². The normalized spacial score (nSPS) is 23.6. The Morgan fingerprint density at radius 3 is 2.42 bits per heavy atom. The number of fused-ring (bicyclic) bond motifs is 1. The Hall–Kier alpha value is -3.85. The lowest BCUT2D eigenvalue weighted by Crippen LogP contribution is -2.39. The molecule has 0 bridgehead atoms. The van der Waals surface area contributed by atoms with E-state index in [4.69, 9.17) is 14.2 Å². The van der Waals surface area contributed by atoms with E-state index in [0.29, 0.717) is 12.8 Å². The van der Waals surface area contributed by atoms with E-state index >= 15 is 0 Å². The Balaban J connectivity index is 1.50. The number of phenolic OH excluding ortho intramolecular Hbond substituents is 2. The topological polar surface area (TPSA) is 140 Å². The van der Waals surface area contributed by atoms with Crippen molar-refractivity contribution >= 4 is 17.7 Å². The fourth-order valence-corrected chi connectivity index (χ4v) is 4.47. The Kier molecular flexibility index (Phi) is 6.06. The molecule has 2 aromatic carbocycles. The van der Waals surface area contributed by atoms with E-state index in [2.05, 4.69) is 0 Å². The molecule has 9 heteroatoms. The number of para-hydroxylation sites is 1. The van der Waals surface area contributed by atoms with Gasteiger partial charge in [0.25, 0.3) is 0 Å². The first-order valence-corrected chi connectivity index (χ1v) is 10.3. The minimum atomic E-state index is -1.28. The lowest BCUT2D eigenvalue weighted by Gasteiger charge is -2.32. The number of aliphatic hydroxyl groups excluding tert-OH is 1. The molecule has 1 aliphatic heterocycles. The smallest absolute Gasteiger partial charge is 0.337 e. The number of hydrogen-bond donors (Lipinski definition) is 3. The molecule has 2 aromatic rings. The molecule has 172 valence electrons. The molecule has 0 spiro atoms. The summed E-state index contributed by atoms with van der Waals surface area (Å²) < 4.78 is 15.3. The summed E-state index contributed by atoms with van der Waals surface area (Å²) in [7, 11) is 1.24. The summed E-state index contributed by atoms with van der Waals surface area (Å²) >= 11 is 0. The number of ether oxygens (including phenoxy) is 3. The Labute approximate surface area is 188 Å². The van der Waals surface area contributed by atoms with Crippen molar-refractivity contribution in [1.29, 1.82) is 0 Å². The molecule has 9 nitrogen and oxygen atoms in total. The van der Waals surface area contributed by atoms with Gasteiger partial charge in [0.1, 0.15) is 17.2 Å². The van der Waals surface area contributed by atoms with Crippen molar-refractivity contribution in [3.63, 3.8) is 0 Å². The van der Waals surface area contributed by atoms with Gasteiger partial charge in [-0.3, -0.25) is 9.59 Å². The van der Waals surface area contributed by atoms with Crippen LogP contribution in [-0.4, -0.2) is 46.4 Å². The maximum Gasteiger partial charge on any atom is 0.337 e. The number of esters is 2. The molecule has 1 fully saturated rings. The number of ketones is 1. The summed E-state index contributed by atoms with van der Waals surface area (Å²) in [5, 5.41) is 30.5. The monoisotopic (exact) mass is 454 g/mol. The molecule has 2 aliphatic rings. The average Bonchev–Trinajstić information content (AvgIpc) is 3.25. The molecule has 0 radical (unpaired) electrons. The number of methoxy groups -OCH3 is 1. The molecule has 1 aliphatic carbocycles. The van der Waals surface area contributed by atoms with Gasteiger partial charge in [-0.25, -0.2) is 4.79 Å². The van der Waals surface area contributed by atoms with Crippen molar-refractivity contribution in [2.75, 3.05) is 7.11 Å².